The monoisotopic (exact) mass is 390 g/mol. The lowest BCUT2D eigenvalue weighted by molar-refractivity contribution is 0.101. The van der Waals surface area contributed by atoms with Crippen LogP contribution in [0.25, 0.3) is 0 Å². The van der Waals surface area contributed by atoms with Gasteiger partial charge in [-0.3, -0.25) is 14.3 Å². The Balaban J connectivity index is 1.86. The molecule has 0 radical (unpaired) electrons. The SMILES string of the molecule is CCCc1cc(C(=O)Nc2ccc3c(c2C=O)CC[C@H](N)C3)nn1CC(F)F. The van der Waals surface area contributed by atoms with Crippen molar-refractivity contribution in [1.82, 2.24) is 9.78 Å². The minimum Gasteiger partial charge on any atom is -0.327 e. The summed E-state index contributed by atoms with van der Waals surface area (Å²) in [6.07, 6.45) is 1.64. The van der Waals surface area contributed by atoms with E-state index < -0.39 is 18.9 Å². The average Bonchev–Trinajstić information content (AvgIpc) is 3.04. The number of carbonyl (C=O) groups excluding carboxylic acids is 2. The number of fused-ring (bicyclic) bond motifs is 1. The molecule has 28 heavy (non-hydrogen) atoms. The Morgan fingerprint density at radius 1 is 1.46 bits per heavy atom. The Kier molecular flexibility index (Phi) is 6.18. The maximum absolute atomic E-state index is 12.8. The zero-order valence-corrected chi connectivity index (χ0v) is 15.8. The molecule has 1 aromatic heterocycles. The molecule has 1 amide bonds. The average molecular weight is 390 g/mol. The molecule has 0 saturated carbocycles. The Labute approximate surface area is 162 Å². The highest BCUT2D eigenvalue weighted by Gasteiger charge is 2.22. The number of hydrogen-bond donors (Lipinski definition) is 2. The minimum absolute atomic E-state index is 0.0562. The Hall–Kier alpha value is -2.61. The van der Waals surface area contributed by atoms with E-state index in [0.717, 1.165) is 30.3 Å². The summed E-state index contributed by atoms with van der Waals surface area (Å²) in [5.74, 6) is -0.527. The number of rotatable bonds is 7. The van der Waals surface area contributed by atoms with Gasteiger partial charge < -0.3 is 11.1 Å². The number of nitrogens with two attached hydrogens (primary N) is 1. The van der Waals surface area contributed by atoms with Gasteiger partial charge in [-0.1, -0.05) is 19.4 Å². The molecule has 1 aliphatic carbocycles. The molecule has 0 bridgehead atoms. The number of aromatic nitrogens is 2. The standard InChI is InChI=1S/C20H24F2N4O2/c1-2-3-14-9-18(25-26(14)10-19(21)22)20(28)24-17-7-4-12-8-13(23)5-6-15(12)16(17)11-27/h4,7,9,11,13,19H,2-3,5-6,8,10,23H2,1H3,(H,24,28)/t13-/m0/s1. The number of halogens is 2. The number of benzene rings is 1. The summed E-state index contributed by atoms with van der Waals surface area (Å²) >= 11 is 0. The fourth-order valence-electron chi connectivity index (χ4n) is 3.65. The van der Waals surface area contributed by atoms with Crippen LogP contribution >= 0.6 is 0 Å². The van der Waals surface area contributed by atoms with Crippen LogP contribution in [0.4, 0.5) is 14.5 Å². The van der Waals surface area contributed by atoms with E-state index in [2.05, 4.69) is 10.4 Å². The van der Waals surface area contributed by atoms with Crippen molar-refractivity contribution in [3.63, 3.8) is 0 Å². The number of nitrogens with one attached hydrogen (secondary N) is 1. The number of alkyl halides is 2. The second-order valence-electron chi connectivity index (χ2n) is 7.08. The number of carbonyl (C=O) groups is 2. The highest BCUT2D eigenvalue weighted by atomic mass is 19.3. The summed E-state index contributed by atoms with van der Waals surface area (Å²) in [6.45, 7) is 1.37. The molecule has 3 rings (SSSR count). The molecule has 0 unspecified atom stereocenters. The van der Waals surface area contributed by atoms with Gasteiger partial charge in [0.2, 0.25) is 0 Å². The van der Waals surface area contributed by atoms with Crippen LogP contribution in [-0.4, -0.2) is 34.4 Å². The molecular weight excluding hydrogens is 366 g/mol. The fourth-order valence-corrected chi connectivity index (χ4v) is 3.65. The normalized spacial score (nSPS) is 16.1. The molecule has 0 fully saturated rings. The quantitative estimate of drug-likeness (QED) is 0.711. The largest absolute Gasteiger partial charge is 0.327 e. The maximum atomic E-state index is 12.8. The van der Waals surface area contributed by atoms with Gasteiger partial charge in [0.1, 0.15) is 6.54 Å². The van der Waals surface area contributed by atoms with Gasteiger partial charge in [0.25, 0.3) is 12.3 Å². The van der Waals surface area contributed by atoms with Crippen molar-refractivity contribution >= 4 is 17.9 Å². The smallest absolute Gasteiger partial charge is 0.276 e. The van der Waals surface area contributed by atoms with Crippen LogP contribution < -0.4 is 11.1 Å². The maximum Gasteiger partial charge on any atom is 0.276 e. The predicted octanol–water partition coefficient (Wildman–Crippen LogP) is 2.98. The summed E-state index contributed by atoms with van der Waals surface area (Å²) in [5.41, 5.74) is 9.40. The summed E-state index contributed by atoms with van der Waals surface area (Å²) in [4.78, 5) is 24.3. The van der Waals surface area contributed by atoms with Crippen molar-refractivity contribution in [3.8, 4) is 0 Å². The molecule has 6 nitrogen and oxygen atoms in total. The van der Waals surface area contributed by atoms with E-state index in [1.165, 1.54) is 10.7 Å². The van der Waals surface area contributed by atoms with E-state index in [1.54, 1.807) is 6.07 Å². The Morgan fingerprint density at radius 3 is 2.93 bits per heavy atom. The lowest BCUT2D eigenvalue weighted by Crippen LogP contribution is -2.28. The van der Waals surface area contributed by atoms with Gasteiger partial charge in [-0.25, -0.2) is 8.78 Å². The summed E-state index contributed by atoms with van der Waals surface area (Å²) in [7, 11) is 0. The molecule has 150 valence electrons. The van der Waals surface area contributed by atoms with Crippen LogP contribution in [0.15, 0.2) is 18.2 Å². The molecule has 1 aromatic carbocycles. The fraction of sp³-hybridized carbons (Fsp3) is 0.450. The van der Waals surface area contributed by atoms with Crippen molar-refractivity contribution in [2.45, 2.75) is 58.0 Å². The van der Waals surface area contributed by atoms with Gasteiger partial charge >= 0.3 is 0 Å². The zero-order chi connectivity index (χ0) is 20.3. The van der Waals surface area contributed by atoms with Gasteiger partial charge in [-0.15, -0.1) is 0 Å². The van der Waals surface area contributed by atoms with Gasteiger partial charge in [0.05, 0.1) is 5.69 Å². The molecular formula is C20H24F2N4O2. The second kappa shape index (κ2) is 8.60. The van der Waals surface area contributed by atoms with Gasteiger partial charge in [-0.2, -0.15) is 5.10 Å². The lowest BCUT2D eigenvalue weighted by Gasteiger charge is -2.24. The molecule has 1 aliphatic rings. The van der Waals surface area contributed by atoms with E-state index in [9.17, 15) is 18.4 Å². The molecule has 0 aliphatic heterocycles. The van der Waals surface area contributed by atoms with Crippen molar-refractivity contribution in [2.24, 2.45) is 5.73 Å². The minimum atomic E-state index is -2.56. The number of nitrogens with zero attached hydrogens (tertiary/aromatic N) is 2. The summed E-state index contributed by atoms with van der Waals surface area (Å²) in [6, 6.07) is 5.15. The van der Waals surface area contributed by atoms with Crippen LogP contribution in [0.5, 0.6) is 0 Å². The molecule has 8 heteroatoms. The van der Waals surface area contributed by atoms with E-state index in [1.807, 2.05) is 13.0 Å². The first-order valence-corrected chi connectivity index (χ1v) is 9.44. The van der Waals surface area contributed by atoms with Crippen LogP contribution in [0.2, 0.25) is 0 Å². The third-order valence-electron chi connectivity index (χ3n) is 4.98. The van der Waals surface area contributed by atoms with Gasteiger partial charge in [0, 0.05) is 17.3 Å². The molecule has 3 N–H and O–H groups in total. The van der Waals surface area contributed by atoms with E-state index in [0.29, 0.717) is 36.2 Å². The van der Waals surface area contributed by atoms with Crippen LogP contribution in [0.1, 0.15) is 57.4 Å². The topological polar surface area (TPSA) is 90.0 Å². The lowest BCUT2D eigenvalue weighted by atomic mass is 9.85. The molecule has 2 aromatic rings. The Morgan fingerprint density at radius 2 is 2.25 bits per heavy atom. The molecule has 1 atom stereocenters. The molecule has 0 saturated heterocycles. The second-order valence-corrected chi connectivity index (χ2v) is 7.08. The first-order valence-electron chi connectivity index (χ1n) is 9.44. The molecule has 0 spiro atoms. The summed E-state index contributed by atoms with van der Waals surface area (Å²) < 4.78 is 26.7. The first-order chi connectivity index (χ1) is 13.4. The number of aldehydes is 1. The number of aryl methyl sites for hydroxylation is 1. The highest BCUT2D eigenvalue weighted by molar-refractivity contribution is 6.05. The van der Waals surface area contributed by atoms with E-state index >= 15 is 0 Å². The van der Waals surface area contributed by atoms with Crippen molar-refractivity contribution in [2.75, 3.05) is 5.32 Å². The van der Waals surface area contributed by atoms with Crippen LogP contribution in [-0.2, 0) is 25.8 Å². The zero-order valence-electron chi connectivity index (χ0n) is 15.8. The van der Waals surface area contributed by atoms with Crippen molar-refractivity contribution in [1.29, 1.82) is 0 Å². The van der Waals surface area contributed by atoms with E-state index in [-0.39, 0.29) is 11.7 Å². The molecule has 1 heterocycles. The van der Waals surface area contributed by atoms with Crippen LogP contribution in [0, 0.1) is 0 Å². The number of amides is 1. The highest BCUT2D eigenvalue weighted by Crippen LogP contribution is 2.28. The third-order valence-corrected chi connectivity index (χ3v) is 4.98. The van der Waals surface area contributed by atoms with Gasteiger partial charge in [-0.05, 0) is 48.9 Å². The van der Waals surface area contributed by atoms with Crippen molar-refractivity contribution in [3.05, 3.63) is 46.3 Å². The predicted molar refractivity (Wildman–Crippen MR) is 102 cm³/mol. The summed E-state index contributed by atoms with van der Waals surface area (Å²) in [5, 5.41) is 6.75. The number of hydrogen-bond acceptors (Lipinski definition) is 4. The first kappa shape index (κ1) is 20.1. The van der Waals surface area contributed by atoms with Crippen molar-refractivity contribution < 1.29 is 18.4 Å². The Bertz CT molecular complexity index is 879. The van der Waals surface area contributed by atoms with E-state index in [4.69, 9.17) is 5.73 Å². The third kappa shape index (κ3) is 4.27. The number of anilines is 1. The van der Waals surface area contributed by atoms with Gasteiger partial charge in [0.15, 0.2) is 12.0 Å². The van der Waals surface area contributed by atoms with Crippen LogP contribution in [0.3, 0.4) is 0 Å².